The molecule has 0 bridgehead atoms. The Labute approximate surface area is 112 Å². The monoisotopic (exact) mass is 317 g/mol. The number of nitrogens with zero attached hydrogens (tertiary/aromatic N) is 1. The third-order valence-corrected chi connectivity index (χ3v) is 4.72. The van der Waals surface area contributed by atoms with E-state index in [0.29, 0.717) is 10.1 Å². The Bertz CT molecular complexity index is 441. The molecule has 17 heavy (non-hydrogen) atoms. The third kappa shape index (κ3) is 3.00. The van der Waals surface area contributed by atoms with Gasteiger partial charge >= 0.3 is 0 Å². The Hall–Kier alpha value is -0.590. The van der Waals surface area contributed by atoms with Gasteiger partial charge in [-0.25, -0.2) is 0 Å². The van der Waals surface area contributed by atoms with Crippen LogP contribution in [0.5, 0.6) is 0 Å². The number of hydrogen-bond acceptors (Lipinski definition) is 4. The van der Waals surface area contributed by atoms with Gasteiger partial charge < -0.3 is 4.74 Å². The molecule has 1 saturated heterocycles. The van der Waals surface area contributed by atoms with Crippen LogP contribution in [0.3, 0.4) is 0 Å². The molecule has 2 atom stereocenters. The zero-order chi connectivity index (χ0) is 12.4. The summed E-state index contributed by atoms with van der Waals surface area (Å²) in [5.41, 5.74) is 0.156. The number of ether oxygens (including phenoxy) is 1. The lowest BCUT2D eigenvalue weighted by Crippen LogP contribution is -2.13. The van der Waals surface area contributed by atoms with Crippen molar-refractivity contribution in [3.63, 3.8) is 0 Å². The van der Waals surface area contributed by atoms with Crippen LogP contribution < -0.4 is 0 Å². The molecule has 92 valence electrons. The Morgan fingerprint density at radius 3 is 2.94 bits per heavy atom. The maximum Gasteiger partial charge on any atom is 0.284 e. The van der Waals surface area contributed by atoms with Crippen molar-refractivity contribution < 1.29 is 9.66 Å². The molecule has 4 nitrogen and oxygen atoms in total. The number of hydrogen-bond donors (Lipinski definition) is 0. The average molecular weight is 318 g/mol. The zero-order valence-corrected chi connectivity index (χ0v) is 11.7. The number of benzene rings is 1. The molecule has 0 aromatic heterocycles. The summed E-state index contributed by atoms with van der Waals surface area (Å²) in [6, 6.07) is 5.16. The van der Waals surface area contributed by atoms with Gasteiger partial charge in [-0.05, 0) is 25.5 Å². The summed E-state index contributed by atoms with van der Waals surface area (Å²) in [5.74, 6) is 0. The van der Waals surface area contributed by atoms with Crippen molar-refractivity contribution in [3.8, 4) is 0 Å². The smallest absolute Gasteiger partial charge is 0.284 e. The van der Waals surface area contributed by atoms with E-state index >= 15 is 0 Å². The van der Waals surface area contributed by atoms with Crippen molar-refractivity contribution in [3.05, 3.63) is 32.8 Å². The molecule has 1 aliphatic rings. The molecule has 0 aliphatic carbocycles. The van der Waals surface area contributed by atoms with Crippen LogP contribution in [-0.2, 0) is 4.74 Å². The molecule has 1 heterocycles. The molecule has 2 unspecified atom stereocenters. The Morgan fingerprint density at radius 2 is 2.35 bits per heavy atom. The molecule has 6 heteroatoms. The minimum atomic E-state index is -0.340. The first-order valence-corrected chi connectivity index (χ1v) is 6.97. The van der Waals surface area contributed by atoms with Gasteiger partial charge in [0.2, 0.25) is 0 Å². The quantitative estimate of drug-likeness (QED) is 0.631. The van der Waals surface area contributed by atoms with Gasteiger partial charge in [0.1, 0.15) is 0 Å². The highest BCUT2D eigenvalue weighted by Gasteiger charge is 2.27. The van der Waals surface area contributed by atoms with Gasteiger partial charge in [0, 0.05) is 22.4 Å². The van der Waals surface area contributed by atoms with Crippen molar-refractivity contribution in [2.45, 2.75) is 29.6 Å². The van der Waals surface area contributed by atoms with Crippen molar-refractivity contribution >= 4 is 33.4 Å². The van der Waals surface area contributed by atoms with Crippen molar-refractivity contribution in [2.24, 2.45) is 0 Å². The number of halogens is 1. The predicted molar refractivity (Wildman–Crippen MR) is 70.5 cm³/mol. The minimum Gasteiger partial charge on any atom is -0.377 e. The molecular formula is C11H12BrNO3S. The average Bonchev–Trinajstić information content (AvgIpc) is 2.67. The van der Waals surface area contributed by atoms with Crippen molar-refractivity contribution in [1.82, 2.24) is 0 Å². The first-order chi connectivity index (χ1) is 8.08. The summed E-state index contributed by atoms with van der Waals surface area (Å²) in [4.78, 5) is 11.3. The first-order valence-electron chi connectivity index (χ1n) is 5.30. The van der Waals surface area contributed by atoms with Gasteiger partial charge in [-0.15, -0.1) is 11.8 Å². The van der Waals surface area contributed by atoms with Crippen molar-refractivity contribution in [1.29, 1.82) is 0 Å². The molecular weight excluding hydrogens is 306 g/mol. The minimum absolute atomic E-state index is 0.156. The van der Waals surface area contributed by atoms with Crippen LogP contribution >= 0.6 is 27.7 Å². The molecule has 0 amide bonds. The van der Waals surface area contributed by atoms with Gasteiger partial charge in [0.05, 0.1) is 15.9 Å². The number of rotatable bonds is 3. The SMILES string of the molecule is CC1OCCC1Sc1ccc(Br)cc1[N+](=O)[O-]. The van der Waals surface area contributed by atoms with E-state index in [1.165, 1.54) is 11.8 Å². The van der Waals surface area contributed by atoms with Gasteiger partial charge in [-0.1, -0.05) is 15.9 Å². The lowest BCUT2D eigenvalue weighted by Gasteiger charge is -2.13. The maximum absolute atomic E-state index is 11.0. The van der Waals surface area contributed by atoms with Gasteiger partial charge in [0.15, 0.2) is 0 Å². The van der Waals surface area contributed by atoms with Gasteiger partial charge in [0.25, 0.3) is 5.69 Å². The second kappa shape index (κ2) is 5.37. The standard InChI is InChI=1S/C11H12BrNO3S/c1-7-10(4-5-16-7)17-11-3-2-8(12)6-9(11)13(14)15/h2-3,6-7,10H,4-5H2,1H3. The van der Waals surface area contributed by atoms with Crippen LogP contribution in [0.25, 0.3) is 0 Å². The molecule has 0 spiro atoms. The normalized spacial score (nSPS) is 23.9. The van der Waals surface area contributed by atoms with Crippen molar-refractivity contribution in [2.75, 3.05) is 6.61 Å². The lowest BCUT2D eigenvalue weighted by molar-refractivity contribution is -0.387. The second-order valence-corrected chi connectivity index (χ2v) is 6.09. The molecule has 0 radical (unpaired) electrons. The van der Waals surface area contributed by atoms with E-state index in [4.69, 9.17) is 4.74 Å². The van der Waals surface area contributed by atoms with Crippen LogP contribution in [0.4, 0.5) is 5.69 Å². The molecule has 1 aromatic rings. The summed E-state index contributed by atoms with van der Waals surface area (Å²) >= 11 is 4.79. The van der Waals surface area contributed by atoms with E-state index in [0.717, 1.165) is 17.5 Å². The van der Waals surface area contributed by atoms with E-state index in [2.05, 4.69) is 15.9 Å². The predicted octanol–water partition coefficient (Wildman–Crippen LogP) is 3.63. The third-order valence-electron chi connectivity index (χ3n) is 2.70. The van der Waals surface area contributed by atoms with Crippen LogP contribution in [0.1, 0.15) is 13.3 Å². The van der Waals surface area contributed by atoms with Crippen LogP contribution in [0, 0.1) is 10.1 Å². The zero-order valence-electron chi connectivity index (χ0n) is 9.26. The molecule has 2 rings (SSSR count). The summed E-state index contributed by atoms with van der Waals surface area (Å²) in [7, 11) is 0. The Morgan fingerprint density at radius 1 is 1.59 bits per heavy atom. The fraction of sp³-hybridized carbons (Fsp3) is 0.455. The number of nitro groups is 1. The highest BCUT2D eigenvalue weighted by atomic mass is 79.9. The highest BCUT2D eigenvalue weighted by molar-refractivity contribution is 9.10. The molecule has 1 fully saturated rings. The fourth-order valence-electron chi connectivity index (χ4n) is 1.76. The van der Waals surface area contributed by atoms with E-state index in [9.17, 15) is 10.1 Å². The van der Waals surface area contributed by atoms with Gasteiger partial charge in [-0.3, -0.25) is 10.1 Å². The topological polar surface area (TPSA) is 52.4 Å². The Kier molecular flexibility index (Phi) is 4.06. The van der Waals surface area contributed by atoms with E-state index in [1.807, 2.05) is 13.0 Å². The van der Waals surface area contributed by atoms with E-state index < -0.39 is 0 Å². The number of nitro benzene ring substituents is 1. The van der Waals surface area contributed by atoms with E-state index in [1.54, 1.807) is 12.1 Å². The molecule has 0 saturated carbocycles. The summed E-state index contributed by atoms with van der Waals surface area (Å²) in [5, 5.41) is 11.3. The lowest BCUT2D eigenvalue weighted by atomic mass is 10.3. The summed E-state index contributed by atoms with van der Waals surface area (Å²) < 4.78 is 6.19. The van der Waals surface area contributed by atoms with Crippen LogP contribution in [-0.4, -0.2) is 22.9 Å². The number of thioether (sulfide) groups is 1. The first kappa shape index (κ1) is 12.9. The fourth-order valence-corrected chi connectivity index (χ4v) is 3.32. The highest BCUT2D eigenvalue weighted by Crippen LogP contribution is 2.38. The molecule has 0 N–H and O–H groups in total. The van der Waals surface area contributed by atoms with Gasteiger partial charge in [-0.2, -0.15) is 0 Å². The molecule has 1 aliphatic heterocycles. The largest absolute Gasteiger partial charge is 0.377 e. The maximum atomic E-state index is 11.0. The molecule has 1 aromatic carbocycles. The van der Waals surface area contributed by atoms with Crippen LogP contribution in [0.2, 0.25) is 0 Å². The summed E-state index contributed by atoms with van der Waals surface area (Å²) in [6.45, 7) is 2.75. The van der Waals surface area contributed by atoms with E-state index in [-0.39, 0.29) is 16.7 Å². The Balaban J connectivity index is 2.22. The van der Waals surface area contributed by atoms with Crippen LogP contribution in [0.15, 0.2) is 27.6 Å². The second-order valence-electron chi connectivity index (χ2n) is 3.89. The summed E-state index contributed by atoms with van der Waals surface area (Å²) in [6.07, 6.45) is 1.10.